The lowest BCUT2D eigenvalue weighted by Crippen LogP contribution is -2.32. The molecule has 3 rings (SSSR count). The Morgan fingerprint density at radius 1 is 1.18 bits per heavy atom. The lowest BCUT2D eigenvalue weighted by Gasteiger charge is -2.16. The van der Waals surface area contributed by atoms with Crippen LogP contribution >= 0.6 is 23.8 Å². The van der Waals surface area contributed by atoms with Crippen molar-refractivity contribution in [1.82, 2.24) is 19.2 Å². The van der Waals surface area contributed by atoms with Crippen LogP contribution in [0.5, 0.6) is 0 Å². The Morgan fingerprint density at radius 2 is 1.86 bits per heavy atom. The van der Waals surface area contributed by atoms with E-state index in [0.29, 0.717) is 22.1 Å². The quantitative estimate of drug-likeness (QED) is 0.613. The number of nitrogens with one attached hydrogen (secondary N) is 1. The molecule has 0 saturated carbocycles. The van der Waals surface area contributed by atoms with E-state index in [2.05, 4.69) is 10.4 Å². The summed E-state index contributed by atoms with van der Waals surface area (Å²) in [4.78, 5) is 14.2. The molecule has 0 saturated heterocycles. The second-order valence-electron chi connectivity index (χ2n) is 6.63. The molecule has 6 nitrogen and oxygen atoms in total. The van der Waals surface area contributed by atoms with Crippen molar-refractivity contribution < 1.29 is 4.79 Å². The van der Waals surface area contributed by atoms with Gasteiger partial charge in [0.15, 0.2) is 0 Å². The van der Waals surface area contributed by atoms with Crippen LogP contribution in [0.4, 0.5) is 5.69 Å². The summed E-state index contributed by atoms with van der Waals surface area (Å²) in [6.07, 6.45) is 0. The number of nitrogens with zero attached hydrogens (tertiary/aromatic N) is 4. The molecule has 0 radical (unpaired) electrons. The summed E-state index contributed by atoms with van der Waals surface area (Å²) in [6.45, 7) is 4.54. The number of rotatable bonds is 6. The first kappa shape index (κ1) is 20.3. The van der Waals surface area contributed by atoms with Gasteiger partial charge in [0.1, 0.15) is 5.82 Å². The predicted octanol–water partition coefficient (Wildman–Crippen LogP) is 4.20. The molecule has 1 N–H and O–H groups in total. The van der Waals surface area contributed by atoms with E-state index in [-0.39, 0.29) is 12.5 Å². The van der Waals surface area contributed by atoms with E-state index in [1.54, 1.807) is 16.8 Å². The third-order valence-corrected chi connectivity index (χ3v) is 5.02. The predicted molar refractivity (Wildman–Crippen MR) is 115 cm³/mol. The van der Waals surface area contributed by atoms with Crippen LogP contribution in [0.25, 0.3) is 5.69 Å². The zero-order valence-corrected chi connectivity index (χ0v) is 17.6. The number of benzene rings is 2. The van der Waals surface area contributed by atoms with Crippen molar-refractivity contribution >= 4 is 35.4 Å². The highest BCUT2D eigenvalue weighted by Gasteiger charge is 2.14. The molecule has 0 unspecified atom stereocenters. The molecule has 0 atom stereocenters. The smallest absolute Gasteiger partial charge is 0.238 e. The van der Waals surface area contributed by atoms with Crippen molar-refractivity contribution in [3.63, 3.8) is 0 Å². The van der Waals surface area contributed by atoms with Gasteiger partial charge in [-0.05, 0) is 56.9 Å². The molecule has 1 aromatic heterocycles. The molecule has 28 heavy (non-hydrogen) atoms. The molecule has 8 heteroatoms. The third-order valence-electron chi connectivity index (χ3n) is 4.29. The van der Waals surface area contributed by atoms with Gasteiger partial charge in [-0.2, -0.15) is 5.10 Å². The van der Waals surface area contributed by atoms with E-state index in [1.165, 1.54) is 0 Å². The summed E-state index contributed by atoms with van der Waals surface area (Å²) in [5.41, 5.74) is 2.72. The van der Waals surface area contributed by atoms with Gasteiger partial charge in [-0.3, -0.25) is 14.3 Å². The molecule has 146 valence electrons. The van der Waals surface area contributed by atoms with Crippen molar-refractivity contribution in [2.45, 2.75) is 20.5 Å². The topological polar surface area (TPSA) is 55.1 Å². The van der Waals surface area contributed by atoms with E-state index in [0.717, 1.165) is 17.1 Å². The summed E-state index contributed by atoms with van der Waals surface area (Å²) >= 11 is 11.7. The van der Waals surface area contributed by atoms with Gasteiger partial charge >= 0.3 is 0 Å². The maximum atomic E-state index is 12.3. The zero-order chi connectivity index (χ0) is 20.3. The number of likely N-dealkylation sites (N-methyl/N-ethyl adjacent to an activating group) is 1. The Kier molecular flexibility index (Phi) is 6.28. The van der Waals surface area contributed by atoms with Crippen LogP contribution in [0.2, 0.25) is 5.02 Å². The third kappa shape index (κ3) is 4.49. The molecule has 2 aromatic carbocycles. The van der Waals surface area contributed by atoms with E-state index in [9.17, 15) is 4.79 Å². The zero-order valence-electron chi connectivity index (χ0n) is 16.0. The fourth-order valence-corrected chi connectivity index (χ4v) is 3.49. The fraction of sp³-hybridized carbons (Fsp3) is 0.250. The van der Waals surface area contributed by atoms with Gasteiger partial charge in [0, 0.05) is 0 Å². The second kappa shape index (κ2) is 8.68. The maximum Gasteiger partial charge on any atom is 0.238 e. The summed E-state index contributed by atoms with van der Waals surface area (Å²) in [6, 6.07) is 15.2. The van der Waals surface area contributed by atoms with E-state index in [1.807, 2.05) is 66.8 Å². The van der Waals surface area contributed by atoms with Crippen molar-refractivity contribution in [2.75, 3.05) is 18.9 Å². The Balaban J connectivity index is 1.71. The number of amides is 1. The molecule has 3 aromatic rings. The maximum absolute atomic E-state index is 12.3. The molecule has 0 fully saturated rings. The molecular formula is C20H22ClN5OS. The minimum Gasteiger partial charge on any atom is -0.324 e. The van der Waals surface area contributed by atoms with Gasteiger partial charge in [0.2, 0.25) is 10.7 Å². The van der Waals surface area contributed by atoms with E-state index in [4.69, 9.17) is 23.8 Å². The number of carbonyl (C=O) groups is 1. The first-order valence-corrected chi connectivity index (χ1v) is 9.61. The van der Waals surface area contributed by atoms with Crippen LogP contribution in [0.3, 0.4) is 0 Å². The molecule has 0 aliphatic heterocycles. The lowest BCUT2D eigenvalue weighted by atomic mass is 10.2. The molecule has 1 heterocycles. The molecule has 0 bridgehead atoms. The number of aromatic nitrogens is 3. The normalized spacial score (nSPS) is 11.0. The van der Waals surface area contributed by atoms with Gasteiger partial charge in [0.25, 0.3) is 0 Å². The number of hydrogen-bond donors (Lipinski definition) is 1. The number of carbonyl (C=O) groups excluding carboxylic acids is 1. The van der Waals surface area contributed by atoms with Crippen LogP contribution < -0.4 is 5.32 Å². The van der Waals surface area contributed by atoms with Gasteiger partial charge in [-0.1, -0.05) is 41.9 Å². The largest absolute Gasteiger partial charge is 0.324 e. The van der Waals surface area contributed by atoms with Crippen LogP contribution in [0.15, 0.2) is 48.5 Å². The Hall–Kier alpha value is -2.48. The molecule has 0 aliphatic carbocycles. The Bertz CT molecular complexity index is 1060. The molecule has 0 aliphatic rings. The van der Waals surface area contributed by atoms with Crippen LogP contribution in [0, 0.1) is 18.6 Å². The lowest BCUT2D eigenvalue weighted by molar-refractivity contribution is -0.117. The summed E-state index contributed by atoms with van der Waals surface area (Å²) in [5.74, 6) is 0.644. The van der Waals surface area contributed by atoms with E-state index >= 15 is 0 Å². The number of halogens is 1. The summed E-state index contributed by atoms with van der Waals surface area (Å²) < 4.78 is 4.26. The highest BCUT2D eigenvalue weighted by molar-refractivity contribution is 7.71. The SMILES string of the molecule is Cc1ccccc1-n1c(C)nn(CN(C)CC(=O)Nc2ccccc2Cl)c1=S. The highest BCUT2D eigenvalue weighted by atomic mass is 35.5. The minimum atomic E-state index is -0.155. The van der Waals surface area contributed by atoms with E-state index < -0.39 is 0 Å². The Labute approximate surface area is 174 Å². The molecular weight excluding hydrogens is 394 g/mol. The fourth-order valence-electron chi connectivity index (χ4n) is 2.98. The van der Waals surface area contributed by atoms with Gasteiger partial charge in [-0.25, -0.2) is 4.68 Å². The average molecular weight is 416 g/mol. The minimum absolute atomic E-state index is 0.155. The summed E-state index contributed by atoms with van der Waals surface area (Å²) in [5, 5.41) is 7.88. The van der Waals surface area contributed by atoms with Crippen molar-refractivity contribution in [3.05, 3.63) is 69.7 Å². The number of aryl methyl sites for hydroxylation is 2. The number of anilines is 1. The van der Waals surface area contributed by atoms with Crippen molar-refractivity contribution in [1.29, 1.82) is 0 Å². The first-order valence-electron chi connectivity index (χ1n) is 8.82. The van der Waals surface area contributed by atoms with Crippen LogP contribution in [-0.2, 0) is 11.5 Å². The number of para-hydroxylation sites is 2. The van der Waals surface area contributed by atoms with Crippen molar-refractivity contribution in [3.8, 4) is 5.69 Å². The van der Waals surface area contributed by atoms with Crippen LogP contribution in [-0.4, -0.2) is 38.7 Å². The van der Waals surface area contributed by atoms with Gasteiger partial charge in [0.05, 0.1) is 29.6 Å². The van der Waals surface area contributed by atoms with Crippen molar-refractivity contribution in [2.24, 2.45) is 0 Å². The average Bonchev–Trinajstić information content (AvgIpc) is 2.91. The Morgan fingerprint density at radius 3 is 2.57 bits per heavy atom. The molecule has 1 amide bonds. The summed E-state index contributed by atoms with van der Waals surface area (Å²) in [7, 11) is 1.84. The monoisotopic (exact) mass is 415 g/mol. The highest BCUT2D eigenvalue weighted by Crippen LogP contribution is 2.20. The standard InChI is InChI=1S/C20H22ClN5OS/c1-14-8-4-7-11-18(14)26-15(2)23-25(20(26)28)13-24(3)12-19(27)22-17-10-6-5-9-16(17)21/h4-11H,12-13H2,1-3H3,(H,22,27). The van der Waals surface area contributed by atoms with Crippen LogP contribution in [0.1, 0.15) is 11.4 Å². The molecule has 0 spiro atoms. The van der Waals surface area contributed by atoms with Gasteiger partial charge in [-0.15, -0.1) is 0 Å². The number of hydrogen-bond acceptors (Lipinski definition) is 4. The first-order chi connectivity index (χ1) is 13.4. The second-order valence-corrected chi connectivity index (χ2v) is 7.41. The van der Waals surface area contributed by atoms with Gasteiger partial charge < -0.3 is 5.32 Å².